The fourth-order valence-electron chi connectivity index (χ4n) is 1.78. The topological polar surface area (TPSA) is 65.5 Å². The number of halogens is 1. The summed E-state index contributed by atoms with van der Waals surface area (Å²) in [6, 6.07) is 10.4. The van der Waals surface area contributed by atoms with Crippen molar-refractivity contribution in [1.82, 2.24) is 0 Å². The minimum Gasteiger partial charge on any atom is -0.463 e. The molecule has 1 atom stereocenters. The van der Waals surface area contributed by atoms with Crippen molar-refractivity contribution in [2.45, 2.75) is 12.5 Å². The van der Waals surface area contributed by atoms with Gasteiger partial charge in [0.2, 0.25) is 5.76 Å². The predicted octanol–water partition coefficient (Wildman–Crippen LogP) is 2.96. The quantitative estimate of drug-likeness (QED) is 0.874. The minimum absolute atomic E-state index is 0.152. The summed E-state index contributed by atoms with van der Waals surface area (Å²) < 4.78 is 9.94. The maximum absolute atomic E-state index is 11.3. The summed E-state index contributed by atoms with van der Waals surface area (Å²) >= 11 is 5.91. The predicted molar refractivity (Wildman–Crippen MR) is 72.1 cm³/mol. The molecular formula is C14H14ClNO3. The average molecular weight is 280 g/mol. The molecule has 2 aromatic rings. The molecule has 0 radical (unpaired) electrons. The number of carbonyl (C=O) groups excluding carboxylic acids is 1. The first-order chi connectivity index (χ1) is 9.10. The van der Waals surface area contributed by atoms with Gasteiger partial charge < -0.3 is 14.9 Å². The summed E-state index contributed by atoms with van der Waals surface area (Å²) in [5.74, 6) is 0.181. The number of esters is 1. The molecule has 1 unspecified atom stereocenters. The Labute approximate surface area is 116 Å². The van der Waals surface area contributed by atoms with E-state index in [9.17, 15) is 4.79 Å². The van der Waals surface area contributed by atoms with E-state index in [0.717, 1.165) is 5.56 Å². The van der Waals surface area contributed by atoms with Crippen LogP contribution in [0.1, 0.15) is 27.9 Å². The zero-order valence-electron chi connectivity index (χ0n) is 10.4. The fourth-order valence-corrected chi connectivity index (χ4v) is 1.99. The van der Waals surface area contributed by atoms with Crippen molar-refractivity contribution in [3.8, 4) is 0 Å². The molecule has 5 heteroatoms. The van der Waals surface area contributed by atoms with Crippen LogP contribution in [0.3, 0.4) is 0 Å². The van der Waals surface area contributed by atoms with Crippen LogP contribution in [-0.4, -0.2) is 13.1 Å². The van der Waals surface area contributed by atoms with Gasteiger partial charge >= 0.3 is 5.97 Å². The van der Waals surface area contributed by atoms with Crippen molar-refractivity contribution in [1.29, 1.82) is 0 Å². The first kappa shape index (κ1) is 13.6. The van der Waals surface area contributed by atoms with Gasteiger partial charge in [0, 0.05) is 5.02 Å². The highest BCUT2D eigenvalue weighted by Gasteiger charge is 2.16. The zero-order valence-corrected chi connectivity index (χ0v) is 11.2. The van der Waals surface area contributed by atoms with Crippen molar-refractivity contribution in [3.05, 3.63) is 58.5 Å². The lowest BCUT2D eigenvalue weighted by Crippen LogP contribution is -2.12. The number of ether oxygens (including phenoxy) is 1. The molecule has 0 aliphatic heterocycles. The van der Waals surface area contributed by atoms with E-state index < -0.39 is 5.97 Å². The summed E-state index contributed by atoms with van der Waals surface area (Å²) in [4.78, 5) is 11.3. The van der Waals surface area contributed by atoms with E-state index in [-0.39, 0.29) is 11.8 Å². The summed E-state index contributed by atoms with van der Waals surface area (Å²) in [6.45, 7) is 0. The summed E-state index contributed by atoms with van der Waals surface area (Å²) in [7, 11) is 1.30. The van der Waals surface area contributed by atoms with Crippen LogP contribution in [0.25, 0.3) is 0 Å². The summed E-state index contributed by atoms with van der Waals surface area (Å²) in [5, 5.41) is 0.666. The fraction of sp³-hybridized carbons (Fsp3) is 0.214. The van der Waals surface area contributed by atoms with Gasteiger partial charge in [-0.05, 0) is 36.2 Å². The van der Waals surface area contributed by atoms with Gasteiger partial charge in [0.25, 0.3) is 0 Å². The monoisotopic (exact) mass is 279 g/mol. The molecule has 0 saturated heterocycles. The molecule has 100 valence electrons. The molecule has 1 aromatic carbocycles. The molecule has 2 N–H and O–H groups in total. The minimum atomic E-state index is -0.513. The Bertz CT molecular complexity index is 580. The van der Waals surface area contributed by atoms with Gasteiger partial charge in [0.15, 0.2) is 0 Å². The Balaban J connectivity index is 2.09. The van der Waals surface area contributed by atoms with E-state index in [0.29, 0.717) is 17.2 Å². The van der Waals surface area contributed by atoms with Crippen LogP contribution in [-0.2, 0) is 11.2 Å². The van der Waals surface area contributed by atoms with Crippen molar-refractivity contribution in [3.63, 3.8) is 0 Å². The average Bonchev–Trinajstić information content (AvgIpc) is 2.87. The van der Waals surface area contributed by atoms with Crippen LogP contribution in [0.15, 0.2) is 40.8 Å². The molecule has 1 aromatic heterocycles. The van der Waals surface area contributed by atoms with Crippen molar-refractivity contribution in [2.24, 2.45) is 5.73 Å². The number of methoxy groups -OCH3 is 1. The number of benzene rings is 1. The second-order valence-electron chi connectivity index (χ2n) is 4.13. The van der Waals surface area contributed by atoms with E-state index >= 15 is 0 Å². The normalized spacial score (nSPS) is 12.2. The first-order valence-electron chi connectivity index (χ1n) is 5.78. The van der Waals surface area contributed by atoms with E-state index in [4.69, 9.17) is 21.8 Å². The molecule has 0 aliphatic rings. The highest BCUT2D eigenvalue weighted by molar-refractivity contribution is 6.30. The van der Waals surface area contributed by atoms with E-state index in [1.807, 2.05) is 18.2 Å². The maximum Gasteiger partial charge on any atom is 0.373 e. The second-order valence-corrected chi connectivity index (χ2v) is 4.57. The van der Waals surface area contributed by atoms with Gasteiger partial charge in [0.05, 0.1) is 13.2 Å². The molecule has 4 nitrogen and oxygen atoms in total. The molecule has 0 spiro atoms. The second kappa shape index (κ2) is 5.91. The van der Waals surface area contributed by atoms with Gasteiger partial charge in [-0.2, -0.15) is 0 Å². The lowest BCUT2D eigenvalue weighted by molar-refractivity contribution is 0.0562. The molecule has 0 amide bonds. The molecule has 1 heterocycles. The summed E-state index contributed by atoms with van der Waals surface area (Å²) in [5.41, 5.74) is 7.05. The van der Waals surface area contributed by atoms with Gasteiger partial charge in [-0.1, -0.05) is 23.7 Å². The lowest BCUT2D eigenvalue weighted by atomic mass is 10.1. The van der Waals surface area contributed by atoms with E-state index in [2.05, 4.69) is 4.74 Å². The Morgan fingerprint density at radius 2 is 2.21 bits per heavy atom. The number of carbonyl (C=O) groups is 1. The standard InChI is InChI=1S/C14H14ClNO3/c1-18-14(17)13-6-5-12(19-13)11(16)8-9-3-2-4-10(15)7-9/h2-7,11H,8,16H2,1H3. The maximum atomic E-state index is 11.3. The van der Waals surface area contributed by atoms with Crippen LogP contribution < -0.4 is 5.73 Å². The number of hydrogen-bond donors (Lipinski definition) is 1. The SMILES string of the molecule is COC(=O)c1ccc(C(N)Cc2cccc(Cl)c2)o1. The van der Waals surface area contributed by atoms with Gasteiger partial charge in [-0.25, -0.2) is 4.79 Å². The Kier molecular flexibility index (Phi) is 4.24. The van der Waals surface area contributed by atoms with Crippen molar-refractivity contribution < 1.29 is 13.9 Å². The Hall–Kier alpha value is -1.78. The third kappa shape index (κ3) is 3.36. The Morgan fingerprint density at radius 1 is 1.42 bits per heavy atom. The first-order valence-corrected chi connectivity index (χ1v) is 6.16. The molecule has 2 rings (SSSR count). The molecule has 0 bridgehead atoms. The third-order valence-corrected chi connectivity index (χ3v) is 2.96. The third-order valence-electron chi connectivity index (χ3n) is 2.72. The number of nitrogens with two attached hydrogens (primary N) is 1. The van der Waals surface area contributed by atoms with Crippen LogP contribution in [0, 0.1) is 0 Å². The number of hydrogen-bond acceptors (Lipinski definition) is 4. The number of rotatable bonds is 4. The van der Waals surface area contributed by atoms with E-state index in [1.54, 1.807) is 18.2 Å². The summed E-state index contributed by atoms with van der Waals surface area (Å²) in [6.07, 6.45) is 0.578. The van der Waals surface area contributed by atoms with Crippen LogP contribution in [0.5, 0.6) is 0 Å². The Morgan fingerprint density at radius 3 is 2.89 bits per heavy atom. The van der Waals surface area contributed by atoms with Crippen LogP contribution in [0.2, 0.25) is 5.02 Å². The van der Waals surface area contributed by atoms with Crippen molar-refractivity contribution >= 4 is 17.6 Å². The highest BCUT2D eigenvalue weighted by atomic mass is 35.5. The smallest absolute Gasteiger partial charge is 0.373 e. The lowest BCUT2D eigenvalue weighted by Gasteiger charge is -2.09. The van der Waals surface area contributed by atoms with Crippen LogP contribution >= 0.6 is 11.6 Å². The van der Waals surface area contributed by atoms with Gasteiger partial charge in [-0.15, -0.1) is 0 Å². The highest BCUT2D eigenvalue weighted by Crippen LogP contribution is 2.21. The molecular weight excluding hydrogens is 266 g/mol. The van der Waals surface area contributed by atoms with Gasteiger partial charge in [-0.3, -0.25) is 0 Å². The molecule has 0 aliphatic carbocycles. The largest absolute Gasteiger partial charge is 0.463 e. The van der Waals surface area contributed by atoms with Crippen LogP contribution in [0.4, 0.5) is 0 Å². The zero-order chi connectivity index (χ0) is 13.8. The number of furan rings is 1. The molecule has 19 heavy (non-hydrogen) atoms. The van der Waals surface area contributed by atoms with E-state index in [1.165, 1.54) is 7.11 Å². The van der Waals surface area contributed by atoms with Crippen molar-refractivity contribution in [2.75, 3.05) is 7.11 Å². The molecule has 0 saturated carbocycles. The van der Waals surface area contributed by atoms with Gasteiger partial charge in [0.1, 0.15) is 5.76 Å². The molecule has 0 fully saturated rings.